The molecule has 1 aliphatic rings. The Hall–Kier alpha value is -3.54. The van der Waals surface area contributed by atoms with Gasteiger partial charge in [0.25, 0.3) is 0 Å². The maximum atomic E-state index is 11.4. The molecule has 27 heavy (non-hydrogen) atoms. The first-order chi connectivity index (χ1) is 13.1. The van der Waals surface area contributed by atoms with Crippen LogP contribution in [0.4, 0.5) is 4.79 Å². The van der Waals surface area contributed by atoms with Gasteiger partial charge in [-0.05, 0) is 30.2 Å². The molecular formula is C21H20N4O2. The zero-order valence-corrected chi connectivity index (χ0v) is 14.6. The summed E-state index contributed by atoms with van der Waals surface area (Å²) in [6.45, 7) is 0.337. The zero-order chi connectivity index (χ0) is 18.9. The summed E-state index contributed by atoms with van der Waals surface area (Å²) >= 11 is 0. The molecule has 1 unspecified atom stereocenters. The summed E-state index contributed by atoms with van der Waals surface area (Å²) in [5, 5.41) is 14.0. The first-order valence-electron chi connectivity index (χ1n) is 8.71. The van der Waals surface area contributed by atoms with E-state index >= 15 is 0 Å². The summed E-state index contributed by atoms with van der Waals surface area (Å²) in [6, 6.07) is 10.6. The molecule has 136 valence electrons. The normalized spacial score (nSPS) is 19.0. The number of urea groups is 1. The van der Waals surface area contributed by atoms with Gasteiger partial charge in [-0.2, -0.15) is 0 Å². The van der Waals surface area contributed by atoms with Gasteiger partial charge in [0.1, 0.15) is 5.75 Å². The Labute approximate surface area is 156 Å². The van der Waals surface area contributed by atoms with Gasteiger partial charge in [0, 0.05) is 41.1 Å². The SMILES string of the molecule is NC(=O)NCC1(c2cc3cnccc3[nH]2)C=CC=C(c2ccccc2O)C1. The summed E-state index contributed by atoms with van der Waals surface area (Å²) in [6.07, 6.45) is 10.1. The van der Waals surface area contributed by atoms with E-state index in [1.807, 2.05) is 36.4 Å². The second kappa shape index (κ2) is 6.64. The maximum absolute atomic E-state index is 11.4. The number of benzene rings is 1. The maximum Gasteiger partial charge on any atom is 0.312 e. The number of aromatic amines is 1. The van der Waals surface area contributed by atoms with Crippen LogP contribution in [0.5, 0.6) is 5.75 Å². The molecule has 2 heterocycles. The van der Waals surface area contributed by atoms with E-state index in [4.69, 9.17) is 5.73 Å². The molecule has 1 aliphatic carbocycles. The highest BCUT2D eigenvalue weighted by Gasteiger charge is 2.35. The van der Waals surface area contributed by atoms with Gasteiger partial charge >= 0.3 is 6.03 Å². The number of aromatic hydroxyl groups is 1. The van der Waals surface area contributed by atoms with Crippen LogP contribution in [-0.4, -0.2) is 27.7 Å². The number of pyridine rings is 1. The van der Waals surface area contributed by atoms with Crippen LogP contribution >= 0.6 is 0 Å². The largest absolute Gasteiger partial charge is 0.507 e. The average Bonchev–Trinajstić information content (AvgIpc) is 3.12. The van der Waals surface area contributed by atoms with Crippen LogP contribution in [0.2, 0.25) is 0 Å². The number of H-pyrrole nitrogens is 1. The Morgan fingerprint density at radius 3 is 2.96 bits per heavy atom. The van der Waals surface area contributed by atoms with Gasteiger partial charge in [-0.3, -0.25) is 4.98 Å². The number of fused-ring (bicyclic) bond motifs is 1. The fourth-order valence-corrected chi connectivity index (χ4v) is 3.62. The highest BCUT2D eigenvalue weighted by Crippen LogP contribution is 2.41. The van der Waals surface area contributed by atoms with E-state index in [1.54, 1.807) is 24.5 Å². The number of phenols is 1. The van der Waals surface area contributed by atoms with Gasteiger partial charge in [-0.15, -0.1) is 0 Å². The fraction of sp³-hybridized carbons (Fsp3) is 0.143. The smallest absolute Gasteiger partial charge is 0.312 e. The van der Waals surface area contributed by atoms with Crippen LogP contribution in [0, 0.1) is 0 Å². The van der Waals surface area contributed by atoms with Gasteiger partial charge in [0.15, 0.2) is 0 Å². The summed E-state index contributed by atoms with van der Waals surface area (Å²) in [5.74, 6) is 0.233. The van der Waals surface area contributed by atoms with Crippen molar-refractivity contribution in [2.24, 2.45) is 5.73 Å². The first-order valence-corrected chi connectivity index (χ1v) is 8.71. The molecule has 2 amide bonds. The lowest BCUT2D eigenvalue weighted by Gasteiger charge is -2.33. The topological polar surface area (TPSA) is 104 Å². The number of amides is 2. The molecule has 2 aromatic heterocycles. The third-order valence-corrected chi connectivity index (χ3v) is 5.00. The average molecular weight is 360 g/mol. The number of primary amides is 1. The Kier molecular flexibility index (Phi) is 4.16. The van der Waals surface area contributed by atoms with Crippen molar-refractivity contribution >= 4 is 22.5 Å². The number of phenolic OH excluding ortho intramolecular Hbond substituents is 1. The second-order valence-electron chi connectivity index (χ2n) is 6.76. The van der Waals surface area contributed by atoms with Crippen molar-refractivity contribution in [2.45, 2.75) is 11.8 Å². The second-order valence-corrected chi connectivity index (χ2v) is 6.76. The Balaban J connectivity index is 1.78. The minimum atomic E-state index is -0.570. The van der Waals surface area contributed by atoms with Gasteiger partial charge in [0.05, 0.1) is 5.41 Å². The third-order valence-electron chi connectivity index (χ3n) is 5.00. The number of para-hydroxylation sites is 1. The van der Waals surface area contributed by atoms with Crippen LogP contribution in [-0.2, 0) is 5.41 Å². The quantitative estimate of drug-likeness (QED) is 0.574. The van der Waals surface area contributed by atoms with Crippen LogP contribution in [0.1, 0.15) is 17.7 Å². The number of hydrogen-bond donors (Lipinski definition) is 4. The fourth-order valence-electron chi connectivity index (χ4n) is 3.62. The lowest BCUT2D eigenvalue weighted by atomic mass is 9.74. The predicted molar refractivity (Wildman–Crippen MR) is 105 cm³/mol. The standard InChI is InChI=1S/C21H20N4O2/c22-20(27)24-13-21(19-10-15-12-23-9-7-17(15)25-19)8-3-4-14(11-21)16-5-1-2-6-18(16)26/h1-10,12,25-26H,11,13H2,(H3,22,24,27). The Bertz CT molecular complexity index is 1030. The molecule has 0 radical (unpaired) electrons. The number of nitrogens with two attached hydrogens (primary N) is 1. The minimum absolute atomic E-state index is 0.233. The number of aromatic nitrogens is 2. The lowest BCUT2D eigenvalue weighted by molar-refractivity contribution is 0.247. The minimum Gasteiger partial charge on any atom is -0.507 e. The van der Waals surface area contributed by atoms with Gasteiger partial charge < -0.3 is 21.1 Å². The summed E-state index contributed by atoms with van der Waals surface area (Å²) in [7, 11) is 0. The molecule has 5 N–H and O–H groups in total. The molecule has 0 spiro atoms. The summed E-state index contributed by atoms with van der Waals surface area (Å²) in [5.41, 5.74) is 8.53. The zero-order valence-electron chi connectivity index (χ0n) is 14.6. The molecule has 0 saturated heterocycles. The first kappa shape index (κ1) is 16.9. The van der Waals surface area contributed by atoms with E-state index in [9.17, 15) is 9.90 Å². The van der Waals surface area contributed by atoms with E-state index < -0.39 is 11.4 Å². The van der Waals surface area contributed by atoms with Crippen LogP contribution in [0.15, 0.2) is 67.0 Å². The van der Waals surface area contributed by atoms with Gasteiger partial charge in [-0.25, -0.2) is 4.79 Å². The van der Waals surface area contributed by atoms with Gasteiger partial charge in [-0.1, -0.05) is 36.4 Å². The number of carbonyl (C=O) groups excluding carboxylic acids is 1. The van der Waals surface area contributed by atoms with Crippen LogP contribution in [0.3, 0.4) is 0 Å². The Morgan fingerprint density at radius 1 is 1.33 bits per heavy atom. The molecule has 4 rings (SSSR count). The molecule has 0 saturated carbocycles. The number of hydrogen-bond acceptors (Lipinski definition) is 3. The molecule has 6 heteroatoms. The number of rotatable bonds is 4. The summed E-state index contributed by atoms with van der Waals surface area (Å²) < 4.78 is 0. The van der Waals surface area contributed by atoms with Gasteiger partial charge in [0.2, 0.25) is 0 Å². The Morgan fingerprint density at radius 2 is 2.19 bits per heavy atom. The molecule has 1 aromatic carbocycles. The molecule has 3 aromatic rings. The van der Waals surface area contributed by atoms with E-state index in [0.717, 1.165) is 27.7 Å². The lowest BCUT2D eigenvalue weighted by Crippen LogP contribution is -2.42. The number of nitrogens with zero attached hydrogens (tertiary/aromatic N) is 1. The van der Waals surface area contributed by atoms with Crippen molar-refractivity contribution in [3.05, 3.63) is 78.3 Å². The van der Waals surface area contributed by atoms with Crippen LogP contribution < -0.4 is 11.1 Å². The third kappa shape index (κ3) is 3.17. The number of allylic oxidation sites excluding steroid dienone is 3. The van der Waals surface area contributed by atoms with E-state index in [0.29, 0.717) is 13.0 Å². The monoisotopic (exact) mass is 360 g/mol. The highest BCUT2D eigenvalue weighted by atomic mass is 16.3. The molecule has 0 aliphatic heterocycles. The van der Waals surface area contributed by atoms with Crippen molar-refractivity contribution in [1.82, 2.24) is 15.3 Å². The number of nitrogens with one attached hydrogen (secondary N) is 2. The van der Waals surface area contributed by atoms with E-state index in [1.165, 1.54) is 0 Å². The van der Waals surface area contributed by atoms with Crippen molar-refractivity contribution in [3.8, 4) is 5.75 Å². The van der Waals surface area contributed by atoms with Crippen molar-refractivity contribution in [1.29, 1.82) is 0 Å². The molecule has 6 nitrogen and oxygen atoms in total. The van der Waals surface area contributed by atoms with E-state index in [2.05, 4.69) is 21.4 Å². The summed E-state index contributed by atoms with van der Waals surface area (Å²) in [4.78, 5) is 19.0. The molecular weight excluding hydrogens is 340 g/mol. The molecule has 1 atom stereocenters. The highest BCUT2D eigenvalue weighted by molar-refractivity contribution is 5.81. The molecule has 0 fully saturated rings. The molecule has 0 bridgehead atoms. The van der Waals surface area contributed by atoms with Crippen LogP contribution in [0.25, 0.3) is 16.5 Å². The van der Waals surface area contributed by atoms with Crippen molar-refractivity contribution in [2.75, 3.05) is 6.54 Å². The van der Waals surface area contributed by atoms with Crippen molar-refractivity contribution < 1.29 is 9.90 Å². The number of carbonyl (C=O) groups is 1. The van der Waals surface area contributed by atoms with E-state index in [-0.39, 0.29) is 5.75 Å². The predicted octanol–water partition coefficient (Wildman–Crippen LogP) is 3.22. The van der Waals surface area contributed by atoms with Crippen molar-refractivity contribution in [3.63, 3.8) is 0 Å².